The fourth-order valence-electron chi connectivity index (χ4n) is 5.00. The maximum atomic E-state index is 6.17. The van der Waals surface area contributed by atoms with Crippen LogP contribution >= 0.6 is 11.6 Å². The van der Waals surface area contributed by atoms with Crippen molar-refractivity contribution in [3.8, 4) is 0 Å². The van der Waals surface area contributed by atoms with Crippen molar-refractivity contribution in [3.05, 3.63) is 77.0 Å². The number of aromatic amines is 1. The van der Waals surface area contributed by atoms with Crippen LogP contribution in [0.25, 0.3) is 10.9 Å². The molecule has 2 unspecified atom stereocenters. The number of hydrogen-bond acceptors (Lipinski definition) is 2. The van der Waals surface area contributed by atoms with Gasteiger partial charge in [-0.3, -0.25) is 4.90 Å². The predicted molar refractivity (Wildman–Crippen MR) is 123 cm³/mol. The second-order valence-corrected chi connectivity index (χ2v) is 8.75. The van der Waals surface area contributed by atoms with E-state index in [1.807, 2.05) is 12.1 Å². The zero-order valence-corrected chi connectivity index (χ0v) is 17.5. The normalized spacial score (nSPS) is 21.4. The molecule has 0 aliphatic carbocycles. The standard InChI is InChI=1S/C25H28ClN3/c26-19-11-12-21-22(17-28-24(21)15-19)25-10-4-6-14-29(25)13-5-3-7-18-16-27-23-9-2-1-8-20(18)23/h1-2,4,6,8-9,11-12,15,17-18,25,27-28H,3,5,7,10,13-14,16H2. The summed E-state index contributed by atoms with van der Waals surface area (Å²) in [4.78, 5) is 6.06. The lowest BCUT2D eigenvalue weighted by Gasteiger charge is -2.33. The molecule has 2 N–H and O–H groups in total. The summed E-state index contributed by atoms with van der Waals surface area (Å²) in [6, 6.07) is 15.4. The highest BCUT2D eigenvalue weighted by atomic mass is 35.5. The number of para-hydroxylation sites is 1. The van der Waals surface area contributed by atoms with Gasteiger partial charge in [-0.25, -0.2) is 0 Å². The molecule has 0 fully saturated rings. The molecule has 1 aromatic heterocycles. The van der Waals surface area contributed by atoms with Crippen LogP contribution < -0.4 is 5.32 Å². The number of aromatic nitrogens is 1. The number of nitrogens with zero attached hydrogens (tertiary/aromatic N) is 1. The minimum absolute atomic E-state index is 0.448. The molecule has 0 amide bonds. The van der Waals surface area contributed by atoms with Crippen molar-refractivity contribution in [2.24, 2.45) is 0 Å². The van der Waals surface area contributed by atoms with E-state index < -0.39 is 0 Å². The number of benzene rings is 2. The van der Waals surface area contributed by atoms with Crippen molar-refractivity contribution >= 4 is 28.2 Å². The number of unbranched alkanes of at least 4 members (excludes halogenated alkanes) is 1. The highest BCUT2D eigenvalue weighted by molar-refractivity contribution is 6.31. The minimum atomic E-state index is 0.448. The van der Waals surface area contributed by atoms with Crippen LogP contribution in [0.4, 0.5) is 5.69 Å². The highest BCUT2D eigenvalue weighted by Crippen LogP contribution is 2.36. The first-order valence-corrected chi connectivity index (χ1v) is 11.2. The van der Waals surface area contributed by atoms with E-state index in [0.717, 1.165) is 36.6 Å². The van der Waals surface area contributed by atoms with E-state index in [1.54, 1.807) is 0 Å². The molecule has 29 heavy (non-hydrogen) atoms. The van der Waals surface area contributed by atoms with Gasteiger partial charge < -0.3 is 10.3 Å². The van der Waals surface area contributed by atoms with E-state index in [-0.39, 0.29) is 0 Å². The summed E-state index contributed by atoms with van der Waals surface area (Å²) in [5.41, 5.74) is 5.37. The van der Waals surface area contributed by atoms with Gasteiger partial charge in [0.25, 0.3) is 0 Å². The van der Waals surface area contributed by atoms with E-state index in [1.165, 1.54) is 41.5 Å². The highest BCUT2D eigenvalue weighted by Gasteiger charge is 2.24. The van der Waals surface area contributed by atoms with Gasteiger partial charge in [-0.2, -0.15) is 0 Å². The molecule has 0 bridgehead atoms. The van der Waals surface area contributed by atoms with Gasteiger partial charge in [-0.15, -0.1) is 0 Å². The van der Waals surface area contributed by atoms with E-state index in [4.69, 9.17) is 11.6 Å². The molecular weight excluding hydrogens is 378 g/mol. The molecular formula is C25H28ClN3. The Balaban J connectivity index is 1.22. The third-order valence-corrected chi connectivity index (χ3v) is 6.76. The van der Waals surface area contributed by atoms with Gasteiger partial charge in [0.05, 0.1) is 0 Å². The SMILES string of the molecule is Clc1ccc2c(C3CC=CCN3CCCCC3CNc4ccccc43)c[nH]c2c1. The summed E-state index contributed by atoms with van der Waals surface area (Å²) in [7, 11) is 0. The summed E-state index contributed by atoms with van der Waals surface area (Å²) in [6.07, 6.45) is 11.7. The van der Waals surface area contributed by atoms with E-state index in [2.05, 4.69) is 63.9 Å². The smallest absolute Gasteiger partial charge is 0.0472 e. The summed E-state index contributed by atoms with van der Waals surface area (Å²) in [5, 5.41) is 5.64. The Kier molecular flexibility index (Phi) is 5.34. The average molecular weight is 406 g/mol. The molecule has 0 saturated heterocycles. The van der Waals surface area contributed by atoms with Gasteiger partial charge >= 0.3 is 0 Å². The van der Waals surface area contributed by atoms with Crippen LogP contribution in [-0.4, -0.2) is 29.5 Å². The lowest BCUT2D eigenvalue weighted by atomic mass is 9.95. The third kappa shape index (κ3) is 3.82. The number of halogens is 1. The van der Waals surface area contributed by atoms with E-state index in [9.17, 15) is 0 Å². The Morgan fingerprint density at radius 1 is 1.03 bits per heavy atom. The zero-order valence-electron chi connectivity index (χ0n) is 16.7. The lowest BCUT2D eigenvalue weighted by molar-refractivity contribution is 0.206. The second kappa shape index (κ2) is 8.25. The van der Waals surface area contributed by atoms with Gasteiger partial charge in [-0.05, 0) is 55.1 Å². The molecule has 2 atom stereocenters. The van der Waals surface area contributed by atoms with Crippen molar-refractivity contribution < 1.29 is 0 Å². The van der Waals surface area contributed by atoms with Gasteiger partial charge in [0.2, 0.25) is 0 Å². The number of fused-ring (bicyclic) bond motifs is 2. The first-order valence-electron chi connectivity index (χ1n) is 10.8. The number of H-pyrrole nitrogens is 1. The van der Waals surface area contributed by atoms with Crippen LogP contribution in [0.15, 0.2) is 60.8 Å². The molecule has 0 radical (unpaired) electrons. The maximum absolute atomic E-state index is 6.17. The summed E-state index contributed by atoms with van der Waals surface area (Å²) >= 11 is 6.17. The van der Waals surface area contributed by atoms with Gasteiger partial charge in [0, 0.05) is 52.9 Å². The summed E-state index contributed by atoms with van der Waals surface area (Å²) < 4.78 is 0. The number of anilines is 1. The third-order valence-electron chi connectivity index (χ3n) is 6.53. The van der Waals surface area contributed by atoms with Crippen LogP contribution in [-0.2, 0) is 0 Å². The fourth-order valence-corrected chi connectivity index (χ4v) is 5.17. The van der Waals surface area contributed by atoms with Gasteiger partial charge in [-0.1, -0.05) is 54.4 Å². The lowest BCUT2D eigenvalue weighted by Crippen LogP contribution is -2.32. The topological polar surface area (TPSA) is 31.1 Å². The van der Waals surface area contributed by atoms with E-state index in [0.29, 0.717) is 12.0 Å². The quantitative estimate of drug-likeness (QED) is 0.362. The van der Waals surface area contributed by atoms with Crippen LogP contribution in [0.2, 0.25) is 5.02 Å². The van der Waals surface area contributed by atoms with Crippen LogP contribution in [0.3, 0.4) is 0 Å². The van der Waals surface area contributed by atoms with Crippen molar-refractivity contribution in [1.29, 1.82) is 0 Å². The molecule has 0 saturated carbocycles. The molecule has 4 heteroatoms. The fraction of sp³-hybridized carbons (Fsp3) is 0.360. The molecule has 3 heterocycles. The first kappa shape index (κ1) is 18.8. The molecule has 5 rings (SSSR count). The maximum Gasteiger partial charge on any atom is 0.0472 e. The molecule has 0 spiro atoms. The average Bonchev–Trinajstić information content (AvgIpc) is 3.35. The second-order valence-electron chi connectivity index (χ2n) is 8.31. The Morgan fingerprint density at radius 2 is 1.97 bits per heavy atom. The van der Waals surface area contributed by atoms with Gasteiger partial charge in [0.1, 0.15) is 0 Å². The summed E-state index contributed by atoms with van der Waals surface area (Å²) in [5.74, 6) is 0.668. The minimum Gasteiger partial charge on any atom is -0.384 e. The van der Waals surface area contributed by atoms with Crippen molar-refractivity contribution in [2.75, 3.05) is 25.0 Å². The van der Waals surface area contributed by atoms with Crippen LogP contribution in [0, 0.1) is 0 Å². The van der Waals surface area contributed by atoms with Gasteiger partial charge in [0.15, 0.2) is 0 Å². The molecule has 2 aliphatic rings. The molecule has 2 aromatic carbocycles. The Labute approximate surface area is 177 Å². The predicted octanol–water partition coefficient (Wildman–Crippen LogP) is 6.50. The number of nitrogens with one attached hydrogen (secondary N) is 2. The summed E-state index contributed by atoms with van der Waals surface area (Å²) in [6.45, 7) is 3.28. The first-order chi connectivity index (χ1) is 14.3. The van der Waals surface area contributed by atoms with Crippen molar-refractivity contribution in [2.45, 2.75) is 37.6 Å². The molecule has 150 valence electrons. The Bertz CT molecular complexity index is 1020. The molecule has 3 nitrogen and oxygen atoms in total. The zero-order chi connectivity index (χ0) is 19.6. The Morgan fingerprint density at radius 3 is 2.93 bits per heavy atom. The Hall–Kier alpha value is -2.23. The monoisotopic (exact) mass is 405 g/mol. The molecule has 3 aromatic rings. The van der Waals surface area contributed by atoms with Crippen molar-refractivity contribution in [3.63, 3.8) is 0 Å². The molecule has 2 aliphatic heterocycles. The van der Waals surface area contributed by atoms with Crippen LogP contribution in [0.5, 0.6) is 0 Å². The number of hydrogen-bond donors (Lipinski definition) is 2. The number of rotatable bonds is 6. The van der Waals surface area contributed by atoms with Crippen molar-refractivity contribution in [1.82, 2.24) is 9.88 Å². The van der Waals surface area contributed by atoms with E-state index >= 15 is 0 Å². The van der Waals surface area contributed by atoms with Crippen LogP contribution in [0.1, 0.15) is 48.8 Å². The largest absolute Gasteiger partial charge is 0.384 e.